The molecule has 0 fully saturated rings. The topological polar surface area (TPSA) is 60.8 Å². The van der Waals surface area contributed by atoms with E-state index in [1.165, 1.54) is 6.92 Å². The molecule has 0 aliphatic carbocycles. The van der Waals surface area contributed by atoms with Crippen LogP contribution in [-0.4, -0.2) is 40.3 Å². The molecule has 1 aromatic rings. The predicted octanol–water partition coefficient (Wildman–Crippen LogP) is 2.17. The molecule has 1 aromatic carbocycles. The Labute approximate surface area is 112 Å². The number of aliphatic hydroxyl groups is 1. The molecule has 18 heavy (non-hydrogen) atoms. The van der Waals surface area contributed by atoms with Gasteiger partial charge in [0.05, 0.1) is 0 Å². The lowest BCUT2D eigenvalue weighted by Crippen LogP contribution is -2.46. The van der Waals surface area contributed by atoms with E-state index in [1.807, 2.05) is 19.1 Å². The Morgan fingerprint density at radius 2 is 1.94 bits per heavy atom. The molecule has 1 rings (SSSR count). The smallest absolute Gasteiger partial charge is 0.336 e. The zero-order chi connectivity index (χ0) is 13.9. The molecular formula is C13H18ClNO3. The van der Waals surface area contributed by atoms with Crippen molar-refractivity contribution in [2.75, 3.05) is 13.6 Å². The molecule has 0 aliphatic heterocycles. The average molecular weight is 272 g/mol. The van der Waals surface area contributed by atoms with Gasteiger partial charge in [0.2, 0.25) is 0 Å². The molecule has 0 radical (unpaired) electrons. The minimum Gasteiger partial charge on any atom is -0.479 e. The first-order valence-corrected chi connectivity index (χ1v) is 6.03. The largest absolute Gasteiger partial charge is 0.479 e. The summed E-state index contributed by atoms with van der Waals surface area (Å²) in [4.78, 5) is 12.7. The first-order chi connectivity index (χ1) is 8.24. The van der Waals surface area contributed by atoms with E-state index in [2.05, 4.69) is 0 Å². The van der Waals surface area contributed by atoms with Crippen LogP contribution in [0, 0.1) is 0 Å². The number of nitrogens with zero attached hydrogens (tertiary/aromatic N) is 1. The highest BCUT2D eigenvalue weighted by Gasteiger charge is 2.32. The van der Waals surface area contributed by atoms with Crippen molar-refractivity contribution in [3.63, 3.8) is 0 Å². The van der Waals surface area contributed by atoms with E-state index >= 15 is 0 Å². The molecule has 0 spiro atoms. The van der Waals surface area contributed by atoms with Gasteiger partial charge in [-0.25, -0.2) is 4.79 Å². The van der Waals surface area contributed by atoms with Crippen LogP contribution in [0.4, 0.5) is 0 Å². The summed E-state index contributed by atoms with van der Waals surface area (Å²) < 4.78 is 0. The Balaban J connectivity index is 2.75. The molecular weight excluding hydrogens is 254 g/mol. The van der Waals surface area contributed by atoms with E-state index in [0.717, 1.165) is 5.56 Å². The van der Waals surface area contributed by atoms with E-state index in [9.17, 15) is 9.90 Å². The lowest BCUT2D eigenvalue weighted by atomic mass is 10.0. The Kier molecular flexibility index (Phi) is 4.73. The summed E-state index contributed by atoms with van der Waals surface area (Å²) >= 11 is 5.81. The SMILES string of the molecule is CC(c1ccc(Cl)cc1)N(C)CC(C)(O)C(=O)O. The quantitative estimate of drug-likeness (QED) is 0.862. The number of halogens is 1. The number of likely N-dealkylation sites (N-methyl/N-ethyl adjacent to an activating group) is 1. The van der Waals surface area contributed by atoms with E-state index in [4.69, 9.17) is 16.7 Å². The highest BCUT2D eigenvalue weighted by atomic mass is 35.5. The van der Waals surface area contributed by atoms with Crippen molar-refractivity contribution in [1.29, 1.82) is 0 Å². The summed E-state index contributed by atoms with van der Waals surface area (Å²) in [6.45, 7) is 3.29. The van der Waals surface area contributed by atoms with Gasteiger partial charge in [0.15, 0.2) is 5.60 Å². The van der Waals surface area contributed by atoms with Gasteiger partial charge in [0.25, 0.3) is 0 Å². The maximum Gasteiger partial charge on any atom is 0.336 e. The predicted molar refractivity (Wildman–Crippen MR) is 70.8 cm³/mol. The normalized spacial score (nSPS) is 16.3. The first kappa shape index (κ1) is 15.0. The van der Waals surface area contributed by atoms with Gasteiger partial charge < -0.3 is 10.2 Å². The average Bonchev–Trinajstić information content (AvgIpc) is 2.28. The number of rotatable bonds is 5. The maximum atomic E-state index is 10.9. The number of carbonyl (C=O) groups is 1. The van der Waals surface area contributed by atoms with E-state index in [-0.39, 0.29) is 12.6 Å². The standard InChI is InChI=1S/C13H18ClNO3/c1-9(10-4-6-11(14)7-5-10)15(3)8-13(2,18)12(16)17/h4-7,9,18H,8H2,1-3H3,(H,16,17). The van der Waals surface area contributed by atoms with Gasteiger partial charge in [-0.1, -0.05) is 23.7 Å². The van der Waals surface area contributed by atoms with Crippen molar-refractivity contribution in [1.82, 2.24) is 4.90 Å². The third kappa shape index (κ3) is 3.70. The van der Waals surface area contributed by atoms with Crippen molar-refractivity contribution in [2.24, 2.45) is 0 Å². The molecule has 0 aromatic heterocycles. The van der Waals surface area contributed by atoms with Crippen molar-refractivity contribution in [2.45, 2.75) is 25.5 Å². The van der Waals surface area contributed by atoms with Crippen LogP contribution >= 0.6 is 11.6 Å². The van der Waals surface area contributed by atoms with Gasteiger partial charge in [-0.05, 0) is 38.6 Å². The fourth-order valence-corrected chi connectivity index (χ4v) is 1.81. The minimum absolute atomic E-state index is 0.00640. The summed E-state index contributed by atoms with van der Waals surface area (Å²) in [6.07, 6.45) is 0. The number of aliphatic carboxylic acids is 1. The van der Waals surface area contributed by atoms with Gasteiger partial charge in [-0.15, -0.1) is 0 Å². The number of carboxylic acid groups (broad SMARTS) is 1. The highest BCUT2D eigenvalue weighted by Crippen LogP contribution is 2.22. The van der Waals surface area contributed by atoms with Crippen LogP contribution in [0.25, 0.3) is 0 Å². The molecule has 2 N–H and O–H groups in total. The highest BCUT2D eigenvalue weighted by molar-refractivity contribution is 6.30. The molecule has 0 saturated carbocycles. The van der Waals surface area contributed by atoms with E-state index < -0.39 is 11.6 Å². The molecule has 2 unspecified atom stereocenters. The van der Waals surface area contributed by atoms with Crippen molar-refractivity contribution in [3.05, 3.63) is 34.9 Å². The first-order valence-electron chi connectivity index (χ1n) is 5.65. The maximum absolute atomic E-state index is 10.9. The summed E-state index contributed by atoms with van der Waals surface area (Å²) in [5, 5.41) is 19.3. The van der Waals surface area contributed by atoms with E-state index in [0.29, 0.717) is 5.02 Å². The van der Waals surface area contributed by atoms with Gasteiger partial charge in [0.1, 0.15) is 0 Å². The zero-order valence-electron chi connectivity index (χ0n) is 10.7. The summed E-state index contributed by atoms with van der Waals surface area (Å²) in [5.74, 6) is -1.22. The fraction of sp³-hybridized carbons (Fsp3) is 0.462. The second kappa shape index (κ2) is 5.69. The van der Waals surface area contributed by atoms with Gasteiger partial charge in [-0.2, -0.15) is 0 Å². The van der Waals surface area contributed by atoms with Crippen LogP contribution in [0.3, 0.4) is 0 Å². The minimum atomic E-state index is -1.75. The second-order valence-electron chi connectivity index (χ2n) is 4.72. The molecule has 0 bridgehead atoms. The van der Waals surface area contributed by atoms with Crippen molar-refractivity contribution < 1.29 is 15.0 Å². The molecule has 4 nitrogen and oxygen atoms in total. The van der Waals surface area contributed by atoms with Crippen LogP contribution in [0.2, 0.25) is 5.02 Å². The van der Waals surface area contributed by atoms with Crippen LogP contribution in [0.1, 0.15) is 25.5 Å². The number of hydrogen-bond acceptors (Lipinski definition) is 3. The zero-order valence-corrected chi connectivity index (χ0v) is 11.5. The Hall–Kier alpha value is -1.10. The van der Waals surface area contributed by atoms with Gasteiger partial charge >= 0.3 is 5.97 Å². The van der Waals surface area contributed by atoms with Crippen molar-refractivity contribution in [3.8, 4) is 0 Å². The molecule has 0 heterocycles. The summed E-state index contributed by atoms with van der Waals surface area (Å²) in [5.41, 5.74) is -0.738. The third-order valence-corrected chi connectivity index (χ3v) is 3.28. The molecule has 5 heteroatoms. The lowest BCUT2D eigenvalue weighted by molar-refractivity contribution is -0.158. The summed E-state index contributed by atoms with van der Waals surface area (Å²) in [6, 6.07) is 7.35. The monoisotopic (exact) mass is 271 g/mol. The Morgan fingerprint density at radius 3 is 2.39 bits per heavy atom. The molecule has 2 atom stereocenters. The number of carboxylic acids is 1. The third-order valence-electron chi connectivity index (χ3n) is 3.03. The van der Waals surface area contributed by atoms with E-state index in [1.54, 1.807) is 24.1 Å². The molecule has 0 saturated heterocycles. The van der Waals surface area contributed by atoms with Crippen molar-refractivity contribution >= 4 is 17.6 Å². The van der Waals surface area contributed by atoms with Crippen LogP contribution in [-0.2, 0) is 4.79 Å². The Bertz CT molecular complexity index is 417. The summed E-state index contributed by atoms with van der Waals surface area (Å²) in [7, 11) is 1.77. The second-order valence-corrected chi connectivity index (χ2v) is 5.16. The molecule has 0 aliphatic rings. The lowest BCUT2D eigenvalue weighted by Gasteiger charge is -2.30. The molecule has 0 amide bonds. The van der Waals surface area contributed by atoms with Gasteiger partial charge in [0, 0.05) is 17.6 Å². The number of hydrogen-bond donors (Lipinski definition) is 2. The van der Waals surface area contributed by atoms with Crippen LogP contribution in [0.5, 0.6) is 0 Å². The van der Waals surface area contributed by atoms with Crippen LogP contribution in [0.15, 0.2) is 24.3 Å². The van der Waals surface area contributed by atoms with Gasteiger partial charge in [-0.3, -0.25) is 4.90 Å². The number of benzene rings is 1. The fourth-order valence-electron chi connectivity index (χ4n) is 1.69. The molecule has 100 valence electrons. The Morgan fingerprint density at radius 1 is 1.44 bits per heavy atom. The van der Waals surface area contributed by atoms with Crippen LogP contribution < -0.4 is 0 Å².